The molecule has 0 aliphatic carbocycles. The highest BCUT2D eigenvalue weighted by Gasteiger charge is 2.11. The Labute approximate surface area is 154 Å². The van der Waals surface area contributed by atoms with Crippen molar-refractivity contribution in [1.29, 1.82) is 0 Å². The van der Waals surface area contributed by atoms with E-state index in [0.29, 0.717) is 12.5 Å². The van der Waals surface area contributed by atoms with Gasteiger partial charge in [-0.3, -0.25) is 0 Å². The number of thioether (sulfide) groups is 1. The van der Waals surface area contributed by atoms with Crippen LogP contribution >= 0.6 is 35.7 Å². The third-order valence-electron chi connectivity index (χ3n) is 3.81. The van der Waals surface area contributed by atoms with Crippen molar-refractivity contribution in [2.75, 3.05) is 19.3 Å². The number of rotatable bonds is 4. The summed E-state index contributed by atoms with van der Waals surface area (Å²) in [5.74, 6) is 1.23. The van der Waals surface area contributed by atoms with Crippen molar-refractivity contribution in [3.63, 3.8) is 0 Å². The topological polar surface area (TPSA) is 41.6 Å². The summed E-state index contributed by atoms with van der Waals surface area (Å²) in [5.41, 5.74) is 8.18. The van der Waals surface area contributed by atoms with Gasteiger partial charge in [0.15, 0.2) is 5.96 Å². The van der Waals surface area contributed by atoms with Crippen LogP contribution in [0.2, 0.25) is 0 Å². The molecule has 0 bridgehead atoms. The van der Waals surface area contributed by atoms with Gasteiger partial charge in [0.1, 0.15) is 5.82 Å². The van der Waals surface area contributed by atoms with Crippen LogP contribution in [0.4, 0.5) is 4.39 Å². The zero-order chi connectivity index (χ0) is 15.1. The lowest BCUT2D eigenvalue weighted by molar-refractivity contribution is 0.428. The summed E-state index contributed by atoms with van der Waals surface area (Å²) >= 11 is 1.69. The zero-order valence-corrected chi connectivity index (χ0v) is 16.2. The molecule has 6 heteroatoms. The van der Waals surface area contributed by atoms with Crippen LogP contribution in [0.3, 0.4) is 0 Å². The molecule has 0 atom stereocenters. The predicted octanol–water partition coefficient (Wildman–Crippen LogP) is 4.00. The maximum Gasteiger partial charge on any atom is 0.191 e. The van der Waals surface area contributed by atoms with E-state index < -0.39 is 0 Å². The molecule has 3 nitrogen and oxygen atoms in total. The summed E-state index contributed by atoms with van der Waals surface area (Å²) in [5, 5.41) is 0. The lowest BCUT2D eigenvalue weighted by atomic mass is 10.1. The van der Waals surface area contributed by atoms with E-state index in [1.807, 2.05) is 12.3 Å². The van der Waals surface area contributed by atoms with Crippen LogP contribution < -0.4 is 5.73 Å². The van der Waals surface area contributed by atoms with Gasteiger partial charge in [-0.25, -0.2) is 9.38 Å². The fraction of sp³-hybridized carbons (Fsp3) is 0.562. The van der Waals surface area contributed by atoms with Crippen molar-refractivity contribution in [1.82, 2.24) is 4.90 Å². The summed E-state index contributed by atoms with van der Waals surface area (Å²) < 4.78 is 13.3. The number of benzene rings is 1. The van der Waals surface area contributed by atoms with E-state index >= 15 is 0 Å². The molecule has 1 aromatic carbocycles. The molecule has 1 heterocycles. The minimum Gasteiger partial charge on any atom is -0.370 e. The lowest BCUT2D eigenvalue weighted by Crippen LogP contribution is -2.38. The van der Waals surface area contributed by atoms with Gasteiger partial charge in [0.2, 0.25) is 0 Å². The maximum atomic E-state index is 13.3. The second kappa shape index (κ2) is 10.3. The highest BCUT2D eigenvalue weighted by molar-refractivity contribution is 14.0. The normalized spacial score (nSPS) is 16.1. The Bertz CT molecular complexity index is 488. The summed E-state index contributed by atoms with van der Waals surface area (Å²) in [4.78, 5) is 6.69. The smallest absolute Gasteiger partial charge is 0.191 e. The van der Waals surface area contributed by atoms with Crippen molar-refractivity contribution in [3.05, 3.63) is 35.1 Å². The largest absolute Gasteiger partial charge is 0.370 e. The van der Waals surface area contributed by atoms with Crippen molar-refractivity contribution in [2.45, 2.75) is 38.0 Å². The summed E-state index contributed by atoms with van der Waals surface area (Å²) in [6, 6.07) is 4.92. The Kier molecular flexibility index (Phi) is 9.16. The summed E-state index contributed by atoms with van der Waals surface area (Å²) in [7, 11) is 0. The number of aliphatic imine (C=N–C) groups is 1. The number of guanidine groups is 1. The summed E-state index contributed by atoms with van der Waals surface area (Å²) in [6.45, 7) is 2.52. The highest BCUT2D eigenvalue weighted by Crippen LogP contribution is 2.18. The number of nitrogens with two attached hydrogens (primary N) is 1. The molecule has 1 saturated heterocycles. The van der Waals surface area contributed by atoms with Gasteiger partial charge in [0.25, 0.3) is 0 Å². The van der Waals surface area contributed by atoms with E-state index in [2.05, 4.69) is 9.89 Å². The van der Waals surface area contributed by atoms with Crippen LogP contribution in [0.1, 0.15) is 36.8 Å². The minimum atomic E-state index is -0.188. The van der Waals surface area contributed by atoms with Gasteiger partial charge in [0.05, 0.1) is 6.54 Å². The van der Waals surface area contributed by atoms with Gasteiger partial charge >= 0.3 is 0 Å². The highest BCUT2D eigenvalue weighted by atomic mass is 127. The monoisotopic (exact) mass is 437 g/mol. The van der Waals surface area contributed by atoms with Gasteiger partial charge in [0, 0.05) is 18.8 Å². The molecule has 0 amide bonds. The van der Waals surface area contributed by atoms with Gasteiger partial charge in [-0.05, 0) is 42.4 Å². The standard InChI is InChI=1S/C16H24FN3S.HI/c1-21-12-14-10-15(17)7-6-13(14)11-19-16(18)20-8-4-2-3-5-9-20;/h6-7,10H,2-5,8-9,11-12H2,1H3,(H2,18,19);1H. The van der Waals surface area contributed by atoms with Crippen LogP contribution in [0.5, 0.6) is 0 Å². The number of halogens is 2. The third kappa shape index (κ3) is 5.95. The fourth-order valence-electron chi connectivity index (χ4n) is 2.60. The molecular formula is C16H25FIN3S. The average Bonchev–Trinajstić information content (AvgIpc) is 2.75. The van der Waals surface area contributed by atoms with E-state index in [1.165, 1.54) is 31.7 Å². The second-order valence-corrected chi connectivity index (χ2v) is 6.29. The van der Waals surface area contributed by atoms with Crippen molar-refractivity contribution < 1.29 is 4.39 Å². The molecule has 0 spiro atoms. The Balaban J connectivity index is 0.00000242. The van der Waals surface area contributed by atoms with E-state index in [0.717, 1.165) is 30.0 Å². The Morgan fingerprint density at radius 1 is 1.23 bits per heavy atom. The van der Waals surface area contributed by atoms with Crippen LogP contribution in [-0.4, -0.2) is 30.2 Å². The molecule has 22 heavy (non-hydrogen) atoms. The third-order valence-corrected chi connectivity index (χ3v) is 4.41. The molecule has 0 saturated carbocycles. The van der Waals surface area contributed by atoms with Crippen molar-refractivity contribution in [2.24, 2.45) is 10.7 Å². The first-order valence-electron chi connectivity index (χ1n) is 7.52. The zero-order valence-electron chi connectivity index (χ0n) is 13.1. The summed E-state index contributed by atoms with van der Waals surface area (Å²) in [6.07, 6.45) is 6.94. The fourth-order valence-corrected chi connectivity index (χ4v) is 3.18. The molecule has 1 fully saturated rings. The Morgan fingerprint density at radius 3 is 2.55 bits per heavy atom. The number of hydrogen-bond acceptors (Lipinski definition) is 2. The molecule has 124 valence electrons. The van der Waals surface area contributed by atoms with E-state index in [1.54, 1.807) is 17.8 Å². The molecule has 0 radical (unpaired) electrons. The van der Waals surface area contributed by atoms with Gasteiger partial charge in [-0.15, -0.1) is 24.0 Å². The second-order valence-electron chi connectivity index (χ2n) is 5.42. The maximum absolute atomic E-state index is 13.3. The quantitative estimate of drug-likeness (QED) is 0.440. The molecule has 1 aromatic rings. The van der Waals surface area contributed by atoms with Crippen LogP contribution in [0.25, 0.3) is 0 Å². The predicted molar refractivity (Wildman–Crippen MR) is 104 cm³/mol. The van der Waals surface area contributed by atoms with Gasteiger partial charge in [-0.1, -0.05) is 18.9 Å². The molecule has 2 rings (SSSR count). The van der Waals surface area contributed by atoms with E-state index in [-0.39, 0.29) is 29.8 Å². The first kappa shape index (κ1) is 19.5. The number of likely N-dealkylation sites (tertiary alicyclic amines) is 1. The van der Waals surface area contributed by atoms with Crippen LogP contribution in [0, 0.1) is 5.82 Å². The molecule has 2 N–H and O–H groups in total. The van der Waals surface area contributed by atoms with Crippen molar-refractivity contribution in [3.8, 4) is 0 Å². The Morgan fingerprint density at radius 2 is 1.91 bits per heavy atom. The SMILES string of the molecule is CSCc1cc(F)ccc1CN=C(N)N1CCCCCC1.I. The lowest BCUT2D eigenvalue weighted by Gasteiger charge is -2.21. The molecule has 1 aliphatic rings. The molecule has 1 aliphatic heterocycles. The van der Waals surface area contributed by atoms with Crippen molar-refractivity contribution >= 4 is 41.7 Å². The van der Waals surface area contributed by atoms with Gasteiger partial charge in [-0.2, -0.15) is 11.8 Å². The number of hydrogen-bond donors (Lipinski definition) is 1. The molecular weight excluding hydrogens is 412 g/mol. The van der Waals surface area contributed by atoms with Crippen LogP contribution in [-0.2, 0) is 12.3 Å². The first-order valence-corrected chi connectivity index (χ1v) is 8.91. The Hall–Kier alpha value is -0.500. The molecule has 0 unspecified atom stereocenters. The van der Waals surface area contributed by atoms with Gasteiger partial charge < -0.3 is 10.6 Å². The van der Waals surface area contributed by atoms with E-state index in [4.69, 9.17) is 5.73 Å². The number of nitrogens with zero attached hydrogens (tertiary/aromatic N) is 2. The average molecular weight is 437 g/mol. The minimum absolute atomic E-state index is 0. The van der Waals surface area contributed by atoms with E-state index in [9.17, 15) is 4.39 Å². The molecule has 0 aromatic heterocycles. The first-order chi connectivity index (χ1) is 10.2. The van der Waals surface area contributed by atoms with Crippen LogP contribution in [0.15, 0.2) is 23.2 Å².